The standard InChI is InChI=1S/C11H14N2O5/c1-2-18-7-6-12-11(15)8-4-3-5-9(10(8)14)13(16)17/h3-5,14H,2,6-7H2,1H3,(H,12,15). The van der Waals surface area contributed by atoms with Crippen LogP contribution in [0, 0.1) is 10.1 Å². The van der Waals surface area contributed by atoms with E-state index in [9.17, 15) is 20.0 Å². The number of phenolic OH excluding ortho intramolecular Hbond substituents is 1. The van der Waals surface area contributed by atoms with Crippen molar-refractivity contribution >= 4 is 11.6 Å². The smallest absolute Gasteiger partial charge is 0.311 e. The van der Waals surface area contributed by atoms with Crippen LogP contribution in [0.1, 0.15) is 17.3 Å². The summed E-state index contributed by atoms with van der Waals surface area (Å²) in [5, 5.41) is 22.7. The van der Waals surface area contributed by atoms with Crippen LogP contribution in [-0.4, -0.2) is 35.7 Å². The first-order valence-corrected chi connectivity index (χ1v) is 5.40. The van der Waals surface area contributed by atoms with Crippen molar-refractivity contribution in [3.8, 4) is 5.75 Å². The van der Waals surface area contributed by atoms with Crippen LogP contribution in [0.2, 0.25) is 0 Å². The van der Waals surface area contributed by atoms with Crippen LogP contribution in [0.15, 0.2) is 18.2 Å². The summed E-state index contributed by atoms with van der Waals surface area (Å²) in [5.41, 5.74) is -0.617. The maximum Gasteiger partial charge on any atom is 0.311 e. The first-order chi connectivity index (χ1) is 8.57. The summed E-state index contributed by atoms with van der Waals surface area (Å²) >= 11 is 0. The Morgan fingerprint density at radius 2 is 2.28 bits per heavy atom. The van der Waals surface area contributed by atoms with Gasteiger partial charge < -0.3 is 15.2 Å². The number of nitrogens with one attached hydrogen (secondary N) is 1. The van der Waals surface area contributed by atoms with Gasteiger partial charge in [-0.2, -0.15) is 0 Å². The van der Waals surface area contributed by atoms with Gasteiger partial charge in [0.2, 0.25) is 5.75 Å². The van der Waals surface area contributed by atoms with E-state index in [1.54, 1.807) is 0 Å². The van der Waals surface area contributed by atoms with E-state index in [0.717, 1.165) is 6.07 Å². The average Bonchev–Trinajstić information content (AvgIpc) is 2.34. The number of amides is 1. The van der Waals surface area contributed by atoms with Crippen LogP contribution in [-0.2, 0) is 4.74 Å². The Bertz CT molecular complexity index is 447. The summed E-state index contributed by atoms with van der Waals surface area (Å²) in [4.78, 5) is 21.5. The zero-order valence-corrected chi connectivity index (χ0v) is 9.88. The van der Waals surface area contributed by atoms with Gasteiger partial charge in [0.05, 0.1) is 17.1 Å². The highest BCUT2D eigenvalue weighted by Crippen LogP contribution is 2.28. The molecule has 7 nitrogen and oxygen atoms in total. The Hall–Kier alpha value is -2.15. The van der Waals surface area contributed by atoms with Crippen LogP contribution < -0.4 is 5.32 Å². The molecule has 1 aromatic carbocycles. The second kappa shape index (κ2) is 6.55. The molecule has 0 unspecified atom stereocenters. The molecule has 1 aromatic rings. The topological polar surface area (TPSA) is 102 Å². The third-order valence-corrected chi connectivity index (χ3v) is 2.19. The monoisotopic (exact) mass is 254 g/mol. The molecule has 0 bridgehead atoms. The highest BCUT2D eigenvalue weighted by atomic mass is 16.6. The maximum atomic E-state index is 11.7. The van der Waals surface area contributed by atoms with E-state index in [4.69, 9.17) is 4.74 Å². The Morgan fingerprint density at radius 3 is 2.89 bits per heavy atom. The molecule has 0 saturated carbocycles. The number of nitro benzene ring substituents is 1. The van der Waals surface area contributed by atoms with Gasteiger partial charge in [-0.1, -0.05) is 6.07 Å². The fourth-order valence-electron chi connectivity index (χ4n) is 1.34. The lowest BCUT2D eigenvalue weighted by atomic mass is 10.1. The number of nitrogens with zero attached hydrogens (tertiary/aromatic N) is 1. The van der Waals surface area contributed by atoms with E-state index < -0.39 is 22.3 Å². The van der Waals surface area contributed by atoms with Crippen molar-refractivity contribution in [1.29, 1.82) is 0 Å². The number of nitro groups is 1. The SMILES string of the molecule is CCOCCNC(=O)c1cccc([N+](=O)[O-])c1O. The third kappa shape index (κ3) is 3.42. The molecule has 2 N–H and O–H groups in total. The second-order valence-corrected chi connectivity index (χ2v) is 3.38. The minimum atomic E-state index is -0.744. The lowest BCUT2D eigenvalue weighted by molar-refractivity contribution is -0.385. The van der Waals surface area contributed by atoms with E-state index in [1.165, 1.54) is 12.1 Å². The van der Waals surface area contributed by atoms with E-state index in [0.29, 0.717) is 13.2 Å². The number of carbonyl (C=O) groups is 1. The van der Waals surface area contributed by atoms with Crippen LogP contribution in [0.25, 0.3) is 0 Å². The molecule has 1 amide bonds. The maximum absolute atomic E-state index is 11.7. The van der Waals surface area contributed by atoms with Crippen molar-refractivity contribution < 1.29 is 19.6 Å². The number of hydrogen-bond acceptors (Lipinski definition) is 5. The number of para-hydroxylation sites is 1. The van der Waals surface area contributed by atoms with Gasteiger partial charge >= 0.3 is 5.69 Å². The Morgan fingerprint density at radius 1 is 1.56 bits per heavy atom. The quantitative estimate of drug-likeness (QED) is 0.449. The molecule has 0 aliphatic rings. The van der Waals surface area contributed by atoms with E-state index >= 15 is 0 Å². The van der Waals surface area contributed by atoms with Crippen LogP contribution in [0.4, 0.5) is 5.69 Å². The molecule has 0 fully saturated rings. The lowest BCUT2D eigenvalue weighted by Crippen LogP contribution is -2.27. The molecule has 0 radical (unpaired) electrons. The van der Waals surface area contributed by atoms with Crippen molar-refractivity contribution in [2.24, 2.45) is 0 Å². The summed E-state index contributed by atoms with van der Waals surface area (Å²) in [5.74, 6) is -1.20. The van der Waals surface area contributed by atoms with Gasteiger partial charge in [-0.3, -0.25) is 14.9 Å². The Kier molecular flexibility index (Phi) is 5.06. The fraction of sp³-hybridized carbons (Fsp3) is 0.364. The van der Waals surface area contributed by atoms with Gasteiger partial charge in [0.15, 0.2) is 0 Å². The van der Waals surface area contributed by atoms with Crippen LogP contribution in [0.3, 0.4) is 0 Å². The molecule has 18 heavy (non-hydrogen) atoms. The number of hydrogen-bond donors (Lipinski definition) is 2. The van der Waals surface area contributed by atoms with Crippen molar-refractivity contribution in [3.05, 3.63) is 33.9 Å². The molecule has 1 rings (SSSR count). The first kappa shape index (κ1) is 13.9. The molecule has 0 saturated heterocycles. The zero-order valence-electron chi connectivity index (χ0n) is 9.88. The molecule has 0 aromatic heterocycles. The second-order valence-electron chi connectivity index (χ2n) is 3.38. The summed E-state index contributed by atoms with van der Waals surface area (Å²) in [7, 11) is 0. The average molecular weight is 254 g/mol. The minimum Gasteiger partial charge on any atom is -0.502 e. The molecule has 0 spiro atoms. The lowest BCUT2D eigenvalue weighted by Gasteiger charge is -2.06. The van der Waals surface area contributed by atoms with E-state index in [-0.39, 0.29) is 12.1 Å². The van der Waals surface area contributed by atoms with Crippen LogP contribution >= 0.6 is 0 Å². The van der Waals surface area contributed by atoms with Crippen molar-refractivity contribution in [2.75, 3.05) is 19.8 Å². The predicted octanol–water partition coefficient (Wildman–Crippen LogP) is 1.07. The molecule has 7 heteroatoms. The van der Waals surface area contributed by atoms with Gasteiger partial charge in [-0.25, -0.2) is 0 Å². The van der Waals surface area contributed by atoms with Gasteiger partial charge in [-0.05, 0) is 13.0 Å². The number of carbonyl (C=O) groups excluding carboxylic acids is 1. The number of aromatic hydroxyl groups is 1. The molecule has 0 atom stereocenters. The summed E-state index contributed by atoms with van der Waals surface area (Å²) in [6, 6.07) is 3.79. The van der Waals surface area contributed by atoms with Gasteiger partial charge in [-0.15, -0.1) is 0 Å². The van der Waals surface area contributed by atoms with Crippen molar-refractivity contribution in [3.63, 3.8) is 0 Å². The summed E-state index contributed by atoms with van der Waals surface area (Å²) in [6.45, 7) is 2.98. The highest BCUT2D eigenvalue weighted by molar-refractivity contribution is 5.98. The van der Waals surface area contributed by atoms with Gasteiger partial charge in [0.1, 0.15) is 0 Å². The largest absolute Gasteiger partial charge is 0.502 e. The minimum absolute atomic E-state index is 0.124. The summed E-state index contributed by atoms with van der Waals surface area (Å²) < 4.78 is 5.03. The fourth-order valence-corrected chi connectivity index (χ4v) is 1.34. The number of ether oxygens (including phenoxy) is 1. The highest BCUT2D eigenvalue weighted by Gasteiger charge is 2.20. The van der Waals surface area contributed by atoms with Gasteiger partial charge in [0.25, 0.3) is 5.91 Å². The molecule has 98 valence electrons. The van der Waals surface area contributed by atoms with Crippen molar-refractivity contribution in [1.82, 2.24) is 5.32 Å². The Balaban J connectivity index is 2.74. The van der Waals surface area contributed by atoms with E-state index in [1.807, 2.05) is 6.92 Å². The molecular weight excluding hydrogens is 240 g/mol. The molecule has 0 aliphatic heterocycles. The number of rotatable bonds is 6. The number of benzene rings is 1. The molecule has 0 heterocycles. The van der Waals surface area contributed by atoms with Crippen LogP contribution in [0.5, 0.6) is 5.75 Å². The Labute approximate surface area is 104 Å². The third-order valence-electron chi connectivity index (χ3n) is 2.19. The molecular formula is C11H14N2O5. The van der Waals surface area contributed by atoms with E-state index in [2.05, 4.69) is 5.32 Å². The predicted molar refractivity (Wildman–Crippen MR) is 63.6 cm³/mol. The number of phenols is 1. The molecule has 0 aliphatic carbocycles. The normalized spacial score (nSPS) is 10.1. The zero-order chi connectivity index (χ0) is 13.5. The first-order valence-electron chi connectivity index (χ1n) is 5.40. The van der Waals surface area contributed by atoms with Gasteiger partial charge in [0, 0.05) is 19.2 Å². The van der Waals surface area contributed by atoms with Crippen molar-refractivity contribution in [2.45, 2.75) is 6.92 Å². The summed E-state index contributed by atoms with van der Waals surface area (Å²) in [6.07, 6.45) is 0.